The summed E-state index contributed by atoms with van der Waals surface area (Å²) in [6.45, 7) is 0.421. The predicted molar refractivity (Wildman–Crippen MR) is 111 cm³/mol. The Labute approximate surface area is 175 Å². The van der Waals surface area contributed by atoms with E-state index in [2.05, 4.69) is 15.5 Å². The zero-order valence-corrected chi connectivity index (χ0v) is 17.3. The number of hydrogen-bond acceptors (Lipinski definition) is 7. The summed E-state index contributed by atoms with van der Waals surface area (Å²) in [4.78, 5) is 16.4. The Bertz CT molecular complexity index is 947. The number of aryl methyl sites for hydroxylation is 1. The first-order valence-electron chi connectivity index (χ1n) is 9.58. The van der Waals surface area contributed by atoms with Crippen molar-refractivity contribution in [1.29, 1.82) is 0 Å². The van der Waals surface area contributed by atoms with Gasteiger partial charge in [0.05, 0.1) is 21.3 Å². The minimum Gasteiger partial charge on any atom is -0.493 e. The Balaban J connectivity index is 1.56. The van der Waals surface area contributed by atoms with E-state index in [0.717, 1.165) is 5.56 Å². The Morgan fingerprint density at radius 2 is 1.70 bits per heavy atom. The zero-order chi connectivity index (χ0) is 21.3. The first-order chi connectivity index (χ1) is 14.6. The largest absolute Gasteiger partial charge is 0.493 e. The van der Waals surface area contributed by atoms with Crippen LogP contribution in [0.4, 0.5) is 0 Å². The molecule has 0 fully saturated rings. The van der Waals surface area contributed by atoms with Crippen molar-refractivity contribution >= 4 is 5.91 Å². The van der Waals surface area contributed by atoms with E-state index in [-0.39, 0.29) is 5.91 Å². The average molecular weight is 411 g/mol. The molecule has 0 spiro atoms. The third-order valence-corrected chi connectivity index (χ3v) is 4.54. The van der Waals surface area contributed by atoms with E-state index in [1.54, 1.807) is 33.5 Å². The lowest BCUT2D eigenvalue weighted by Crippen LogP contribution is -2.25. The molecule has 0 saturated heterocycles. The molecule has 158 valence electrons. The number of aromatic nitrogens is 2. The highest BCUT2D eigenvalue weighted by molar-refractivity contribution is 5.76. The van der Waals surface area contributed by atoms with E-state index in [1.807, 2.05) is 30.3 Å². The van der Waals surface area contributed by atoms with Crippen LogP contribution in [-0.4, -0.2) is 43.9 Å². The van der Waals surface area contributed by atoms with Crippen molar-refractivity contribution in [1.82, 2.24) is 15.5 Å². The molecule has 0 saturated carbocycles. The van der Waals surface area contributed by atoms with E-state index in [4.69, 9.17) is 18.7 Å². The van der Waals surface area contributed by atoms with Gasteiger partial charge < -0.3 is 24.1 Å². The summed E-state index contributed by atoms with van der Waals surface area (Å²) in [5, 5.41) is 6.89. The smallest absolute Gasteiger partial charge is 0.228 e. The summed E-state index contributed by atoms with van der Waals surface area (Å²) in [6.07, 6.45) is 1.58. The molecule has 30 heavy (non-hydrogen) atoms. The van der Waals surface area contributed by atoms with Crippen molar-refractivity contribution in [2.24, 2.45) is 0 Å². The molecule has 8 heteroatoms. The molecule has 1 amide bonds. The van der Waals surface area contributed by atoms with Gasteiger partial charge in [0.1, 0.15) is 0 Å². The van der Waals surface area contributed by atoms with Crippen LogP contribution in [0.25, 0.3) is 11.4 Å². The first-order valence-corrected chi connectivity index (χ1v) is 9.58. The van der Waals surface area contributed by atoms with Crippen molar-refractivity contribution in [3.63, 3.8) is 0 Å². The molecule has 8 nitrogen and oxygen atoms in total. The van der Waals surface area contributed by atoms with Crippen molar-refractivity contribution < 1.29 is 23.5 Å². The van der Waals surface area contributed by atoms with Gasteiger partial charge in [0, 0.05) is 24.9 Å². The van der Waals surface area contributed by atoms with Gasteiger partial charge in [0.2, 0.25) is 23.4 Å². The summed E-state index contributed by atoms with van der Waals surface area (Å²) >= 11 is 0. The fraction of sp³-hybridized carbons (Fsp3) is 0.318. The molecule has 0 atom stereocenters. The lowest BCUT2D eigenvalue weighted by Gasteiger charge is -2.12. The molecule has 3 rings (SSSR count). The van der Waals surface area contributed by atoms with Crippen LogP contribution in [0.5, 0.6) is 17.2 Å². The van der Waals surface area contributed by atoms with Gasteiger partial charge in [-0.2, -0.15) is 4.98 Å². The molecular weight excluding hydrogens is 386 g/mol. The third kappa shape index (κ3) is 5.28. The second kappa shape index (κ2) is 10.3. The Morgan fingerprint density at radius 3 is 2.33 bits per heavy atom. The molecule has 1 aromatic heterocycles. The summed E-state index contributed by atoms with van der Waals surface area (Å²) in [6, 6.07) is 13.4. The molecule has 2 aromatic carbocycles. The maximum absolute atomic E-state index is 12.0. The fourth-order valence-electron chi connectivity index (χ4n) is 2.98. The average Bonchev–Trinajstić information content (AvgIpc) is 3.26. The van der Waals surface area contributed by atoms with Crippen molar-refractivity contribution in [3.8, 4) is 28.6 Å². The molecular formula is C22H25N3O5. The lowest BCUT2D eigenvalue weighted by atomic mass is 10.1. The zero-order valence-electron chi connectivity index (χ0n) is 17.3. The number of methoxy groups -OCH3 is 3. The highest BCUT2D eigenvalue weighted by Gasteiger charge is 2.17. The van der Waals surface area contributed by atoms with E-state index >= 15 is 0 Å². The number of ether oxygens (including phenoxy) is 3. The van der Waals surface area contributed by atoms with Crippen LogP contribution in [0.1, 0.15) is 17.9 Å². The van der Waals surface area contributed by atoms with E-state index in [0.29, 0.717) is 60.3 Å². The Kier molecular flexibility index (Phi) is 7.26. The summed E-state index contributed by atoms with van der Waals surface area (Å²) < 4.78 is 21.3. The number of benzene rings is 2. The van der Waals surface area contributed by atoms with Crippen LogP contribution in [0, 0.1) is 0 Å². The van der Waals surface area contributed by atoms with Gasteiger partial charge >= 0.3 is 0 Å². The molecule has 0 aliphatic heterocycles. The van der Waals surface area contributed by atoms with Gasteiger partial charge in [-0.1, -0.05) is 35.5 Å². The minimum absolute atomic E-state index is 0.0109. The van der Waals surface area contributed by atoms with Gasteiger partial charge in [-0.3, -0.25) is 4.79 Å². The fourth-order valence-corrected chi connectivity index (χ4v) is 2.98. The number of nitrogens with zero attached hydrogens (tertiary/aromatic N) is 2. The van der Waals surface area contributed by atoms with Gasteiger partial charge in [0.15, 0.2) is 11.5 Å². The van der Waals surface area contributed by atoms with Crippen LogP contribution in [0.2, 0.25) is 0 Å². The third-order valence-electron chi connectivity index (χ3n) is 4.54. The van der Waals surface area contributed by atoms with Gasteiger partial charge in [-0.15, -0.1) is 0 Å². The number of amides is 1. The van der Waals surface area contributed by atoms with Crippen molar-refractivity contribution in [2.75, 3.05) is 27.9 Å². The van der Waals surface area contributed by atoms with Gasteiger partial charge in [-0.05, 0) is 24.1 Å². The van der Waals surface area contributed by atoms with Crippen LogP contribution in [0.15, 0.2) is 47.0 Å². The number of hydrogen-bond donors (Lipinski definition) is 1. The summed E-state index contributed by atoms with van der Waals surface area (Å²) in [5.74, 6) is 2.32. The van der Waals surface area contributed by atoms with Crippen molar-refractivity contribution in [2.45, 2.75) is 19.3 Å². The number of rotatable bonds is 10. The monoisotopic (exact) mass is 411 g/mol. The molecule has 0 aliphatic carbocycles. The molecule has 0 aliphatic rings. The minimum atomic E-state index is -0.0109. The van der Waals surface area contributed by atoms with Crippen LogP contribution < -0.4 is 19.5 Å². The second-order valence-corrected chi connectivity index (χ2v) is 6.51. The van der Waals surface area contributed by atoms with Gasteiger partial charge in [0.25, 0.3) is 0 Å². The van der Waals surface area contributed by atoms with Gasteiger partial charge in [-0.25, -0.2) is 0 Å². The Morgan fingerprint density at radius 1 is 1.00 bits per heavy atom. The molecule has 1 N–H and O–H groups in total. The van der Waals surface area contributed by atoms with Crippen LogP contribution in [0.3, 0.4) is 0 Å². The predicted octanol–water partition coefficient (Wildman–Crippen LogP) is 3.05. The standard InChI is InChI=1S/C22H25N3O5/c1-27-17-13-16(14-18(28-2)21(17)29-3)22-24-20(30-25-22)11-12-23-19(26)10-9-15-7-5-4-6-8-15/h4-8,13-14H,9-12H2,1-3H3,(H,23,26). The lowest BCUT2D eigenvalue weighted by molar-refractivity contribution is -0.121. The number of nitrogens with one attached hydrogen (secondary N) is 1. The van der Waals surface area contributed by atoms with Crippen molar-refractivity contribution in [3.05, 3.63) is 53.9 Å². The first kappa shape index (κ1) is 21.2. The quantitative estimate of drug-likeness (QED) is 0.548. The molecule has 3 aromatic rings. The maximum Gasteiger partial charge on any atom is 0.228 e. The van der Waals surface area contributed by atoms with Crippen LogP contribution in [-0.2, 0) is 17.6 Å². The number of carbonyl (C=O) groups excluding carboxylic acids is 1. The van der Waals surface area contributed by atoms with E-state index in [9.17, 15) is 4.79 Å². The molecule has 1 heterocycles. The second-order valence-electron chi connectivity index (χ2n) is 6.51. The molecule has 0 unspecified atom stereocenters. The van der Waals surface area contributed by atoms with Crippen LogP contribution >= 0.6 is 0 Å². The molecule has 0 bridgehead atoms. The Hall–Kier alpha value is -3.55. The summed E-state index contributed by atoms with van der Waals surface area (Å²) in [5.41, 5.74) is 1.81. The number of carbonyl (C=O) groups is 1. The van der Waals surface area contributed by atoms with E-state index in [1.165, 1.54) is 0 Å². The molecule has 0 radical (unpaired) electrons. The highest BCUT2D eigenvalue weighted by atomic mass is 16.5. The highest BCUT2D eigenvalue weighted by Crippen LogP contribution is 2.40. The van der Waals surface area contributed by atoms with E-state index < -0.39 is 0 Å². The maximum atomic E-state index is 12.0. The summed E-state index contributed by atoms with van der Waals surface area (Å²) in [7, 11) is 4.63. The topological polar surface area (TPSA) is 95.7 Å². The normalized spacial score (nSPS) is 10.5. The SMILES string of the molecule is COc1cc(-c2noc(CCNC(=O)CCc3ccccc3)n2)cc(OC)c1OC.